The van der Waals surface area contributed by atoms with Crippen LogP contribution in [0.4, 0.5) is 0 Å². The van der Waals surface area contributed by atoms with E-state index in [9.17, 15) is 9.59 Å². The summed E-state index contributed by atoms with van der Waals surface area (Å²) in [6, 6.07) is 7.50. The van der Waals surface area contributed by atoms with Gasteiger partial charge in [-0.3, -0.25) is 9.59 Å². The van der Waals surface area contributed by atoms with Crippen LogP contribution in [0.2, 0.25) is 0 Å². The number of nitrogens with one attached hydrogen (secondary N) is 2. The van der Waals surface area contributed by atoms with Crippen molar-refractivity contribution in [2.24, 2.45) is 5.92 Å². The Morgan fingerprint density at radius 1 is 1.12 bits per heavy atom. The zero-order valence-electron chi connectivity index (χ0n) is 14.2. The van der Waals surface area contributed by atoms with E-state index in [1.165, 1.54) is 32.1 Å². The first-order chi connectivity index (χ1) is 11.7. The Morgan fingerprint density at radius 2 is 1.88 bits per heavy atom. The van der Waals surface area contributed by atoms with Crippen LogP contribution in [0.15, 0.2) is 29.2 Å². The highest BCUT2D eigenvalue weighted by molar-refractivity contribution is 8.76. The van der Waals surface area contributed by atoms with Gasteiger partial charge in [-0.25, -0.2) is 0 Å². The first-order valence-corrected chi connectivity index (χ1v) is 11.0. The summed E-state index contributed by atoms with van der Waals surface area (Å²) >= 11 is 0. The molecular formula is C18H26N2O2S2. The highest BCUT2D eigenvalue weighted by Crippen LogP contribution is 2.33. The van der Waals surface area contributed by atoms with E-state index in [4.69, 9.17) is 0 Å². The van der Waals surface area contributed by atoms with Gasteiger partial charge in [0.05, 0.1) is 12.1 Å². The van der Waals surface area contributed by atoms with E-state index >= 15 is 0 Å². The molecule has 0 unspecified atom stereocenters. The Hall–Kier alpha value is -1.14. The van der Waals surface area contributed by atoms with Crippen molar-refractivity contribution >= 4 is 33.4 Å². The second-order valence-electron chi connectivity index (χ2n) is 5.98. The number of hydrogen-bond acceptors (Lipinski definition) is 4. The molecular weight excluding hydrogens is 340 g/mol. The van der Waals surface area contributed by atoms with Crippen molar-refractivity contribution in [3.8, 4) is 0 Å². The molecule has 0 saturated heterocycles. The second-order valence-corrected chi connectivity index (χ2v) is 8.60. The molecule has 0 bridgehead atoms. The third-order valence-electron chi connectivity index (χ3n) is 4.12. The highest BCUT2D eigenvalue weighted by Gasteiger charge is 2.15. The smallest absolute Gasteiger partial charge is 0.252 e. The third-order valence-corrected chi connectivity index (χ3v) is 6.61. The van der Waals surface area contributed by atoms with E-state index < -0.39 is 0 Å². The maximum Gasteiger partial charge on any atom is 0.252 e. The highest BCUT2D eigenvalue weighted by atomic mass is 33.1. The van der Waals surface area contributed by atoms with Gasteiger partial charge in [0.25, 0.3) is 5.91 Å². The summed E-state index contributed by atoms with van der Waals surface area (Å²) in [5.41, 5.74) is 0.628. The molecule has 2 rings (SSSR count). The molecule has 24 heavy (non-hydrogen) atoms. The minimum atomic E-state index is -0.192. The van der Waals surface area contributed by atoms with Gasteiger partial charge in [0, 0.05) is 17.2 Å². The lowest BCUT2D eigenvalue weighted by Gasteiger charge is -2.21. The van der Waals surface area contributed by atoms with Crippen molar-refractivity contribution < 1.29 is 9.59 Å². The van der Waals surface area contributed by atoms with Gasteiger partial charge in [-0.1, -0.05) is 59.9 Å². The standard InChI is InChI=1S/C18H26N2O2S2/c1-2-23-24-16-11-7-6-10-15(16)18(22)20-13-17(21)19-12-14-8-4-3-5-9-14/h6-7,10-11,14H,2-5,8-9,12-13H2,1H3,(H,19,21)(H,20,22). The second kappa shape index (κ2) is 10.7. The fourth-order valence-electron chi connectivity index (χ4n) is 2.82. The SMILES string of the molecule is CCSSc1ccccc1C(=O)NCC(=O)NCC1CCCCC1. The number of hydrogen-bond donors (Lipinski definition) is 2. The maximum absolute atomic E-state index is 12.3. The largest absolute Gasteiger partial charge is 0.354 e. The number of rotatable bonds is 8. The minimum Gasteiger partial charge on any atom is -0.354 e. The molecule has 0 radical (unpaired) electrons. The molecule has 1 aromatic rings. The van der Waals surface area contributed by atoms with Crippen LogP contribution in [0.5, 0.6) is 0 Å². The van der Waals surface area contributed by atoms with Crippen molar-refractivity contribution in [3.05, 3.63) is 29.8 Å². The molecule has 0 aromatic heterocycles. The molecule has 0 heterocycles. The Morgan fingerprint density at radius 3 is 2.62 bits per heavy atom. The van der Waals surface area contributed by atoms with Crippen LogP contribution >= 0.6 is 21.6 Å². The number of carbonyl (C=O) groups is 2. The molecule has 2 amide bonds. The monoisotopic (exact) mass is 366 g/mol. The summed E-state index contributed by atoms with van der Waals surface area (Å²) < 4.78 is 0. The van der Waals surface area contributed by atoms with Crippen LogP contribution in [-0.2, 0) is 4.79 Å². The Labute approximate surface area is 152 Å². The molecule has 132 valence electrons. The van der Waals surface area contributed by atoms with Gasteiger partial charge < -0.3 is 10.6 Å². The van der Waals surface area contributed by atoms with Crippen LogP contribution in [0.1, 0.15) is 49.4 Å². The van der Waals surface area contributed by atoms with Crippen LogP contribution in [0, 0.1) is 5.92 Å². The molecule has 4 nitrogen and oxygen atoms in total. The van der Waals surface area contributed by atoms with E-state index in [2.05, 4.69) is 17.6 Å². The summed E-state index contributed by atoms with van der Waals surface area (Å²) in [6.45, 7) is 2.84. The molecule has 1 aliphatic carbocycles. The first kappa shape index (κ1) is 19.2. The zero-order valence-corrected chi connectivity index (χ0v) is 15.8. The van der Waals surface area contributed by atoms with Gasteiger partial charge in [0.15, 0.2) is 0 Å². The van der Waals surface area contributed by atoms with Gasteiger partial charge in [-0.05, 0) is 30.9 Å². The van der Waals surface area contributed by atoms with Crippen LogP contribution in [-0.4, -0.2) is 30.7 Å². The number of benzene rings is 1. The third kappa shape index (κ3) is 6.40. The van der Waals surface area contributed by atoms with Crippen LogP contribution in [0.3, 0.4) is 0 Å². The lowest BCUT2D eigenvalue weighted by molar-refractivity contribution is -0.120. The van der Waals surface area contributed by atoms with Gasteiger partial charge >= 0.3 is 0 Å². The van der Waals surface area contributed by atoms with Crippen molar-refractivity contribution in [2.45, 2.75) is 43.9 Å². The van der Waals surface area contributed by atoms with Gasteiger partial charge in [-0.2, -0.15) is 0 Å². The molecule has 1 fully saturated rings. The van der Waals surface area contributed by atoms with E-state index in [-0.39, 0.29) is 18.4 Å². The molecule has 0 aliphatic heterocycles. The van der Waals surface area contributed by atoms with E-state index in [0.717, 1.165) is 17.2 Å². The average molecular weight is 367 g/mol. The van der Waals surface area contributed by atoms with Crippen LogP contribution in [0.25, 0.3) is 0 Å². The summed E-state index contributed by atoms with van der Waals surface area (Å²) in [7, 11) is 3.29. The van der Waals surface area contributed by atoms with E-state index in [0.29, 0.717) is 11.5 Å². The lowest BCUT2D eigenvalue weighted by atomic mass is 9.89. The summed E-state index contributed by atoms with van der Waals surface area (Å²) in [5.74, 6) is 1.27. The number of carbonyl (C=O) groups excluding carboxylic acids is 2. The quantitative estimate of drug-likeness (QED) is 0.686. The average Bonchev–Trinajstić information content (AvgIpc) is 2.63. The molecule has 0 atom stereocenters. The van der Waals surface area contributed by atoms with Crippen molar-refractivity contribution in [1.29, 1.82) is 0 Å². The van der Waals surface area contributed by atoms with Gasteiger partial charge in [0.1, 0.15) is 0 Å². The van der Waals surface area contributed by atoms with E-state index in [1.807, 2.05) is 18.2 Å². The predicted octanol–water partition coefficient (Wildman–Crippen LogP) is 3.87. The maximum atomic E-state index is 12.3. The molecule has 1 saturated carbocycles. The fraction of sp³-hybridized carbons (Fsp3) is 0.556. The lowest BCUT2D eigenvalue weighted by Crippen LogP contribution is -2.39. The number of amides is 2. The zero-order chi connectivity index (χ0) is 17.2. The normalized spacial score (nSPS) is 15.0. The minimum absolute atomic E-state index is 0.0332. The first-order valence-electron chi connectivity index (χ1n) is 8.64. The molecule has 2 N–H and O–H groups in total. The molecule has 1 aromatic carbocycles. The van der Waals surface area contributed by atoms with Crippen molar-refractivity contribution in [1.82, 2.24) is 10.6 Å². The summed E-state index contributed by atoms with van der Waals surface area (Å²) in [4.78, 5) is 25.2. The molecule has 6 heteroatoms. The Kier molecular flexibility index (Phi) is 8.53. The Balaban J connectivity index is 1.76. The molecule has 1 aliphatic rings. The van der Waals surface area contributed by atoms with Gasteiger partial charge in [-0.15, -0.1) is 0 Å². The van der Waals surface area contributed by atoms with E-state index in [1.54, 1.807) is 27.7 Å². The van der Waals surface area contributed by atoms with Gasteiger partial charge in [0.2, 0.25) is 5.91 Å². The summed E-state index contributed by atoms with van der Waals surface area (Å²) in [6.07, 6.45) is 6.25. The van der Waals surface area contributed by atoms with Crippen LogP contribution < -0.4 is 10.6 Å². The predicted molar refractivity (Wildman–Crippen MR) is 102 cm³/mol. The fourth-order valence-corrected chi connectivity index (χ4v) is 4.62. The van der Waals surface area contributed by atoms with Crippen molar-refractivity contribution in [3.63, 3.8) is 0 Å². The molecule has 0 spiro atoms. The summed E-state index contributed by atoms with van der Waals surface area (Å²) in [5, 5.41) is 5.67. The van der Waals surface area contributed by atoms with Crippen molar-refractivity contribution in [2.75, 3.05) is 18.8 Å². The topological polar surface area (TPSA) is 58.2 Å². The Bertz CT molecular complexity index is 546.